The molecule has 84 valence electrons. The van der Waals surface area contributed by atoms with E-state index in [1.807, 2.05) is 17.5 Å². The standard InChI is InChI=1S/C11H17NO2S/c1-11(2,8-13)12-10(14)6-5-9-4-3-7-15-9/h3-4,7,13H,5-6,8H2,1-2H3,(H,12,14). The van der Waals surface area contributed by atoms with Crippen molar-refractivity contribution >= 4 is 17.2 Å². The fourth-order valence-electron chi connectivity index (χ4n) is 1.17. The topological polar surface area (TPSA) is 49.3 Å². The van der Waals surface area contributed by atoms with Crippen molar-refractivity contribution in [3.8, 4) is 0 Å². The Balaban J connectivity index is 2.31. The number of rotatable bonds is 5. The molecule has 1 rings (SSSR count). The summed E-state index contributed by atoms with van der Waals surface area (Å²) >= 11 is 1.66. The Morgan fingerprint density at radius 2 is 2.33 bits per heavy atom. The summed E-state index contributed by atoms with van der Waals surface area (Å²) in [4.78, 5) is 12.7. The summed E-state index contributed by atoms with van der Waals surface area (Å²) in [5.74, 6) is -0.0116. The second-order valence-corrected chi connectivity index (χ2v) is 5.20. The molecule has 0 fully saturated rings. The Kier molecular flexibility index (Phi) is 4.29. The minimum Gasteiger partial charge on any atom is -0.394 e. The van der Waals surface area contributed by atoms with Crippen molar-refractivity contribution in [3.63, 3.8) is 0 Å². The number of aryl methyl sites for hydroxylation is 1. The van der Waals surface area contributed by atoms with Crippen LogP contribution in [0.2, 0.25) is 0 Å². The summed E-state index contributed by atoms with van der Waals surface area (Å²) < 4.78 is 0. The van der Waals surface area contributed by atoms with Gasteiger partial charge in [-0.1, -0.05) is 6.07 Å². The third kappa shape index (κ3) is 4.44. The number of carbonyl (C=O) groups is 1. The van der Waals surface area contributed by atoms with E-state index in [1.165, 1.54) is 4.88 Å². The van der Waals surface area contributed by atoms with Gasteiger partial charge in [0, 0.05) is 11.3 Å². The molecule has 0 spiro atoms. The molecule has 0 bridgehead atoms. The number of aliphatic hydroxyl groups is 1. The van der Waals surface area contributed by atoms with Gasteiger partial charge in [-0.3, -0.25) is 4.79 Å². The highest BCUT2D eigenvalue weighted by Crippen LogP contribution is 2.11. The van der Waals surface area contributed by atoms with Gasteiger partial charge in [-0.05, 0) is 31.7 Å². The number of thiophene rings is 1. The van der Waals surface area contributed by atoms with Gasteiger partial charge in [-0.25, -0.2) is 0 Å². The second-order valence-electron chi connectivity index (χ2n) is 4.17. The van der Waals surface area contributed by atoms with E-state index in [1.54, 1.807) is 25.2 Å². The number of amides is 1. The SMILES string of the molecule is CC(C)(CO)NC(=O)CCc1cccs1. The van der Waals surface area contributed by atoms with Crippen LogP contribution in [0.5, 0.6) is 0 Å². The number of nitrogens with one attached hydrogen (secondary N) is 1. The van der Waals surface area contributed by atoms with E-state index in [2.05, 4.69) is 5.32 Å². The molecule has 4 heteroatoms. The van der Waals surface area contributed by atoms with Crippen LogP contribution in [-0.2, 0) is 11.2 Å². The largest absolute Gasteiger partial charge is 0.394 e. The van der Waals surface area contributed by atoms with Crippen LogP contribution in [0.1, 0.15) is 25.1 Å². The van der Waals surface area contributed by atoms with E-state index >= 15 is 0 Å². The first-order chi connectivity index (χ1) is 7.03. The molecule has 3 nitrogen and oxygen atoms in total. The summed E-state index contributed by atoms with van der Waals surface area (Å²) in [7, 11) is 0. The number of aliphatic hydroxyl groups excluding tert-OH is 1. The Morgan fingerprint density at radius 3 is 2.87 bits per heavy atom. The third-order valence-corrected chi connectivity index (χ3v) is 2.99. The zero-order valence-electron chi connectivity index (χ0n) is 9.12. The van der Waals surface area contributed by atoms with Crippen LogP contribution in [0, 0.1) is 0 Å². The van der Waals surface area contributed by atoms with Crippen LogP contribution in [0.15, 0.2) is 17.5 Å². The number of hydrogen-bond donors (Lipinski definition) is 2. The van der Waals surface area contributed by atoms with Crippen molar-refractivity contribution in [3.05, 3.63) is 22.4 Å². The van der Waals surface area contributed by atoms with Crippen LogP contribution in [-0.4, -0.2) is 23.2 Å². The summed E-state index contributed by atoms with van der Waals surface area (Å²) in [6.07, 6.45) is 1.24. The lowest BCUT2D eigenvalue weighted by atomic mass is 10.1. The molecule has 0 saturated heterocycles. The van der Waals surface area contributed by atoms with Crippen molar-refractivity contribution in [2.45, 2.75) is 32.2 Å². The van der Waals surface area contributed by atoms with Crippen molar-refractivity contribution in [1.82, 2.24) is 5.32 Å². The highest BCUT2D eigenvalue weighted by Gasteiger charge is 2.18. The maximum atomic E-state index is 11.5. The van der Waals surface area contributed by atoms with Gasteiger partial charge >= 0.3 is 0 Å². The van der Waals surface area contributed by atoms with Crippen molar-refractivity contribution in [2.24, 2.45) is 0 Å². The summed E-state index contributed by atoms with van der Waals surface area (Å²) in [6.45, 7) is 3.56. The maximum absolute atomic E-state index is 11.5. The minimum atomic E-state index is -0.521. The lowest BCUT2D eigenvalue weighted by Crippen LogP contribution is -2.46. The molecule has 1 aromatic heterocycles. The molecule has 0 atom stereocenters. The smallest absolute Gasteiger partial charge is 0.220 e. The molecule has 0 aliphatic carbocycles. The van der Waals surface area contributed by atoms with Crippen molar-refractivity contribution < 1.29 is 9.90 Å². The molecule has 1 amide bonds. The normalized spacial score (nSPS) is 11.4. The summed E-state index contributed by atoms with van der Waals surface area (Å²) in [6, 6.07) is 4.00. The van der Waals surface area contributed by atoms with Gasteiger partial charge in [0.2, 0.25) is 5.91 Å². The average Bonchev–Trinajstić information content (AvgIpc) is 2.66. The van der Waals surface area contributed by atoms with E-state index < -0.39 is 5.54 Å². The first kappa shape index (κ1) is 12.2. The molecular weight excluding hydrogens is 210 g/mol. The minimum absolute atomic E-state index is 0.0116. The second kappa shape index (κ2) is 5.28. The van der Waals surface area contributed by atoms with Crippen LogP contribution in [0.3, 0.4) is 0 Å². The van der Waals surface area contributed by atoms with Gasteiger partial charge in [0.05, 0.1) is 12.1 Å². The monoisotopic (exact) mass is 227 g/mol. The molecular formula is C11H17NO2S. The Bertz CT molecular complexity index is 306. The highest BCUT2D eigenvalue weighted by molar-refractivity contribution is 7.09. The molecule has 0 aliphatic heterocycles. The van der Waals surface area contributed by atoms with Crippen LogP contribution >= 0.6 is 11.3 Å². The van der Waals surface area contributed by atoms with E-state index in [4.69, 9.17) is 5.11 Å². The summed E-state index contributed by atoms with van der Waals surface area (Å²) in [5.41, 5.74) is -0.521. The molecule has 15 heavy (non-hydrogen) atoms. The van der Waals surface area contributed by atoms with Gasteiger partial charge in [0.1, 0.15) is 0 Å². The van der Waals surface area contributed by atoms with Crippen LogP contribution in [0.25, 0.3) is 0 Å². The van der Waals surface area contributed by atoms with E-state index in [0.29, 0.717) is 6.42 Å². The van der Waals surface area contributed by atoms with Gasteiger partial charge in [-0.15, -0.1) is 11.3 Å². The first-order valence-electron chi connectivity index (χ1n) is 4.98. The predicted molar refractivity (Wildman–Crippen MR) is 61.9 cm³/mol. The van der Waals surface area contributed by atoms with Gasteiger partial charge in [-0.2, -0.15) is 0 Å². The van der Waals surface area contributed by atoms with Gasteiger partial charge in [0.15, 0.2) is 0 Å². The third-order valence-electron chi connectivity index (χ3n) is 2.05. The zero-order chi connectivity index (χ0) is 11.3. The van der Waals surface area contributed by atoms with E-state index in [9.17, 15) is 4.79 Å². The van der Waals surface area contributed by atoms with Crippen LogP contribution < -0.4 is 5.32 Å². The molecule has 1 heterocycles. The van der Waals surface area contributed by atoms with Crippen molar-refractivity contribution in [2.75, 3.05) is 6.61 Å². The molecule has 2 N–H and O–H groups in total. The molecule has 0 aromatic carbocycles. The zero-order valence-corrected chi connectivity index (χ0v) is 9.93. The molecule has 0 aliphatic rings. The molecule has 0 radical (unpaired) electrons. The van der Waals surface area contributed by atoms with Crippen molar-refractivity contribution in [1.29, 1.82) is 0 Å². The Labute approximate surface area is 94.1 Å². The van der Waals surface area contributed by atoms with E-state index in [0.717, 1.165) is 6.42 Å². The fraction of sp³-hybridized carbons (Fsp3) is 0.545. The fourth-order valence-corrected chi connectivity index (χ4v) is 1.88. The quantitative estimate of drug-likeness (QED) is 0.802. The van der Waals surface area contributed by atoms with Crippen LogP contribution in [0.4, 0.5) is 0 Å². The predicted octanol–water partition coefficient (Wildman–Crippen LogP) is 1.57. The molecule has 1 aromatic rings. The lowest BCUT2D eigenvalue weighted by Gasteiger charge is -2.23. The van der Waals surface area contributed by atoms with E-state index in [-0.39, 0.29) is 12.5 Å². The Morgan fingerprint density at radius 1 is 1.60 bits per heavy atom. The average molecular weight is 227 g/mol. The lowest BCUT2D eigenvalue weighted by molar-refractivity contribution is -0.123. The number of carbonyl (C=O) groups excluding carboxylic acids is 1. The van der Waals surface area contributed by atoms with Gasteiger partial charge < -0.3 is 10.4 Å². The first-order valence-corrected chi connectivity index (χ1v) is 5.86. The molecule has 0 saturated carbocycles. The summed E-state index contributed by atoms with van der Waals surface area (Å²) in [5, 5.41) is 13.8. The van der Waals surface area contributed by atoms with Gasteiger partial charge in [0.25, 0.3) is 0 Å². The Hall–Kier alpha value is -0.870. The highest BCUT2D eigenvalue weighted by atomic mass is 32.1. The molecule has 0 unspecified atom stereocenters. The maximum Gasteiger partial charge on any atom is 0.220 e. The number of hydrogen-bond acceptors (Lipinski definition) is 3.